The molecule has 144 valence electrons. The lowest BCUT2D eigenvalue weighted by atomic mass is 9.99. The average Bonchev–Trinajstić information content (AvgIpc) is 2.67. The number of carbonyl (C=O) groups is 1. The lowest BCUT2D eigenvalue weighted by Crippen LogP contribution is -2.25. The molecule has 2 rings (SSSR count). The van der Waals surface area contributed by atoms with Crippen LogP contribution in [0.25, 0.3) is 0 Å². The summed E-state index contributed by atoms with van der Waals surface area (Å²) < 4.78 is 7.07. The third-order valence-corrected chi connectivity index (χ3v) is 4.82. The molecule has 4 N–H and O–H groups in total. The highest BCUT2D eigenvalue weighted by Gasteiger charge is 2.26. The Morgan fingerprint density at radius 3 is 2.59 bits per heavy atom. The highest BCUT2D eigenvalue weighted by molar-refractivity contribution is 9.11. The van der Waals surface area contributed by atoms with Gasteiger partial charge >= 0.3 is 0 Å². The number of nitrogens with one attached hydrogen (secondary N) is 1. The van der Waals surface area contributed by atoms with Crippen molar-refractivity contribution in [3.63, 3.8) is 0 Å². The summed E-state index contributed by atoms with van der Waals surface area (Å²) in [6, 6.07) is 12.3. The molecule has 0 aliphatic rings. The van der Waals surface area contributed by atoms with E-state index in [0.717, 1.165) is 0 Å². The number of carbonyl (C=O) groups excluding carboxylic acids is 1. The first-order valence-electron chi connectivity index (χ1n) is 8.10. The van der Waals surface area contributed by atoms with Gasteiger partial charge in [0.15, 0.2) is 0 Å². The van der Waals surface area contributed by atoms with Gasteiger partial charge in [-0.3, -0.25) is 10.0 Å². The Balaban J connectivity index is 2.22. The summed E-state index contributed by atoms with van der Waals surface area (Å²) in [5.74, 6) is -0.126. The molecule has 0 heterocycles. The molecule has 0 radical (unpaired) electrons. The molecule has 0 spiro atoms. The first-order chi connectivity index (χ1) is 12.9. The van der Waals surface area contributed by atoms with Crippen LogP contribution in [0.15, 0.2) is 63.6 Å². The van der Waals surface area contributed by atoms with Crippen molar-refractivity contribution in [2.75, 3.05) is 0 Å². The molecule has 0 saturated carbocycles. The average molecular weight is 501 g/mol. The van der Waals surface area contributed by atoms with E-state index < -0.39 is 18.1 Å². The Morgan fingerprint density at radius 2 is 1.93 bits per heavy atom. The van der Waals surface area contributed by atoms with Crippen molar-refractivity contribution in [1.29, 1.82) is 0 Å². The van der Waals surface area contributed by atoms with Crippen molar-refractivity contribution >= 4 is 37.8 Å². The number of aliphatic hydroxyl groups is 1. The molecule has 2 aromatic carbocycles. The van der Waals surface area contributed by atoms with E-state index in [1.807, 2.05) is 18.2 Å². The topological polar surface area (TPSA) is 99.0 Å². The van der Waals surface area contributed by atoms with Crippen LogP contribution in [0.2, 0.25) is 0 Å². The number of hydrogen-bond donors (Lipinski definition) is 4. The number of rotatable bonds is 8. The number of para-hydroxylation sites is 1. The van der Waals surface area contributed by atoms with Crippen molar-refractivity contribution in [2.24, 2.45) is 0 Å². The summed E-state index contributed by atoms with van der Waals surface area (Å²) in [7, 11) is 0. The number of halogens is 2. The predicted molar refractivity (Wildman–Crippen MR) is 108 cm³/mol. The summed E-state index contributed by atoms with van der Waals surface area (Å²) in [6.07, 6.45) is 1.75. The fourth-order valence-corrected chi connectivity index (χ4v) is 3.71. The maximum Gasteiger partial charge on any atom is 0.267 e. The van der Waals surface area contributed by atoms with Crippen LogP contribution in [0, 0.1) is 0 Å². The van der Waals surface area contributed by atoms with Crippen LogP contribution in [0.1, 0.15) is 24.5 Å². The van der Waals surface area contributed by atoms with E-state index in [9.17, 15) is 15.0 Å². The molecule has 0 bridgehead atoms. The van der Waals surface area contributed by atoms with E-state index >= 15 is 0 Å². The normalized spacial score (nSPS) is 13.3. The van der Waals surface area contributed by atoms with Crippen LogP contribution in [0.3, 0.4) is 0 Å². The molecule has 2 atom stereocenters. The van der Waals surface area contributed by atoms with E-state index in [4.69, 9.17) is 9.94 Å². The second-order valence-corrected chi connectivity index (χ2v) is 7.47. The van der Waals surface area contributed by atoms with Crippen LogP contribution in [0.4, 0.5) is 0 Å². The van der Waals surface area contributed by atoms with Gasteiger partial charge in [-0.2, -0.15) is 0 Å². The van der Waals surface area contributed by atoms with Crippen LogP contribution in [-0.2, 0) is 4.79 Å². The van der Waals surface area contributed by atoms with Crippen LogP contribution in [-0.4, -0.2) is 27.4 Å². The van der Waals surface area contributed by atoms with E-state index in [1.54, 1.807) is 30.3 Å². The van der Waals surface area contributed by atoms with Gasteiger partial charge in [0.1, 0.15) is 23.7 Å². The number of aliphatic hydroxyl groups excluding tert-OH is 1. The second kappa shape index (κ2) is 10.5. The first kappa shape index (κ1) is 21.4. The number of hydrogen-bond acceptors (Lipinski definition) is 5. The molecule has 2 aromatic rings. The molecule has 6 nitrogen and oxygen atoms in total. The maximum atomic E-state index is 11.1. The molecular weight excluding hydrogens is 482 g/mol. The summed E-state index contributed by atoms with van der Waals surface area (Å²) in [6.45, 7) is 0. The molecule has 8 heteroatoms. The fraction of sp³-hybridized carbons (Fsp3) is 0.211. The smallest absolute Gasteiger partial charge is 0.267 e. The third-order valence-electron chi connectivity index (χ3n) is 3.76. The number of benzene rings is 2. The summed E-state index contributed by atoms with van der Waals surface area (Å²) >= 11 is 6.60. The van der Waals surface area contributed by atoms with Crippen LogP contribution in [0.5, 0.6) is 11.5 Å². The molecule has 0 fully saturated rings. The van der Waals surface area contributed by atoms with Gasteiger partial charge in [0.2, 0.25) is 0 Å². The number of phenolic OH excluding ortho intramolecular Hbond substituents is 1. The van der Waals surface area contributed by atoms with E-state index in [2.05, 4.69) is 31.9 Å². The Bertz CT molecular complexity index is 798. The molecule has 0 aliphatic heterocycles. The standard InChI is InChI=1S/C19H19Br2NO5/c20-12-10-14(18(24)15(21)11-12)19(25)16(8-4-5-9-17(23)22-26)27-13-6-2-1-3-7-13/h1-3,5-7,9-11,16,19,24-26H,4,8H2,(H,22,23)/b9-5+/t16-,19-/m0/s1. The van der Waals surface area contributed by atoms with Gasteiger partial charge in [-0.15, -0.1) is 0 Å². The number of phenols is 1. The number of hydroxylamine groups is 1. The molecule has 27 heavy (non-hydrogen) atoms. The number of allylic oxidation sites excluding steroid dienone is 1. The van der Waals surface area contributed by atoms with Crippen LogP contribution < -0.4 is 10.2 Å². The lowest BCUT2D eigenvalue weighted by Gasteiger charge is -2.25. The van der Waals surface area contributed by atoms with Gasteiger partial charge in [-0.25, -0.2) is 5.48 Å². The SMILES string of the molecule is O=C(/C=C/CC[C@H](Oc1ccccc1)[C@@H](O)c1cc(Br)cc(Br)c1O)NO. The number of aromatic hydroxyl groups is 1. The fourth-order valence-electron chi connectivity index (χ4n) is 2.45. The van der Waals surface area contributed by atoms with Crippen molar-refractivity contribution in [2.45, 2.75) is 25.0 Å². The van der Waals surface area contributed by atoms with Gasteiger partial charge in [0.05, 0.1) is 4.47 Å². The number of amides is 1. The Kier molecular flexibility index (Phi) is 8.30. The second-order valence-electron chi connectivity index (χ2n) is 5.70. The van der Waals surface area contributed by atoms with E-state index in [0.29, 0.717) is 33.1 Å². The molecule has 0 aromatic heterocycles. The maximum absolute atomic E-state index is 11.1. The predicted octanol–water partition coefficient (Wildman–Crippen LogP) is 4.24. The zero-order chi connectivity index (χ0) is 19.8. The molecule has 0 aliphatic carbocycles. The van der Waals surface area contributed by atoms with Gasteiger partial charge in [-0.1, -0.05) is 40.2 Å². The Hall–Kier alpha value is -1.87. The highest BCUT2D eigenvalue weighted by atomic mass is 79.9. The van der Waals surface area contributed by atoms with E-state index in [1.165, 1.54) is 11.6 Å². The molecule has 0 unspecified atom stereocenters. The summed E-state index contributed by atoms with van der Waals surface area (Å²) in [5.41, 5.74) is 1.83. The first-order valence-corrected chi connectivity index (χ1v) is 9.69. The quantitative estimate of drug-likeness (QED) is 0.247. The van der Waals surface area contributed by atoms with Gasteiger partial charge < -0.3 is 14.9 Å². The van der Waals surface area contributed by atoms with Gasteiger partial charge in [0.25, 0.3) is 5.91 Å². The third kappa shape index (κ3) is 6.35. The Morgan fingerprint density at radius 1 is 1.22 bits per heavy atom. The van der Waals surface area contributed by atoms with Gasteiger partial charge in [-0.05, 0) is 53.0 Å². The molecule has 1 amide bonds. The highest BCUT2D eigenvalue weighted by Crippen LogP contribution is 2.37. The zero-order valence-electron chi connectivity index (χ0n) is 14.2. The lowest BCUT2D eigenvalue weighted by molar-refractivity contribution is -0.124. The number of ether oxygens (including phenoxy) is 1. The van der Waals surface area contributed by atoms with Crippen molar-refractivity contribution < 1.29 is 25.0 Å². The minimum Gasteiger partial charge on any atom is -0.506 e. The van der Waals surface area contributed by atoms with Crippen LogP contribution >= 0.6 is 31.9 Å². The molecule has 0 saturated heterocycles. The monoisotopic (exact) mass is 499 g/mol. The van der Waals surface area contributed by atoms with E-state index in [-0.39, 0.29) is 5.75 Å². The Labute approximate surface area is 173 Å². The minimum atomic E-state index is -1.11. The molecular formula is C19H19Br2NO5. The van der Waals surface area contributed by atoms with Gasteiger partial charge in [0, 0.05) is 16.1 Å². The summed E-state index contributed by atoms with van der Waals surface area (Å²) in [4.78, 5) is 11.1. The largest absolute Gasteiger partial charge is 0.506 e. The minimum absolute atomic E-state index is 0.0671. The van der Waals surface area contributed by atoms with Crippen molar-refractivity contribution in [3.05, 3.63) is 69.1 Å². The zero-order valence-corrected chi connectivity index (χ0v) is 17.4. The van der Waals surface area contributed by atoms with Crippen molar-refractivity contribution in [3.8, 4) is 11.5 Å². The van der Waals surface area contributed by atoms with Crippen molar-refractivity contribution in [1.82, 2.24) is 5.48 Å². The summed E-state index contributed by atoms with van der Waals surface area (Å²) in [5, 5.41) is 29.7.